The number of imide groups is 2. The van der Waals surface area contributed by atoms with Gasteiger partial charge in [-0.3, -0.25) is 14.9 Å². The van der Waals surface area contributed by atoms with Crippen molar-refractivity contribution in [1.29, 1.82) is 0 Å². The summed E-state index contributed by atoms with van der Waals surface area (Å²) in [5, 5.41) is 4.62. The maximum atomic E-state index is 13.7. The van der Waals surface area contributed by atoms with Gasteiger partial charge < -0.3 is 9.47 Å². The van der Waals surface area contributed by atoms with Gasteiger partial charge in [0.05, 0.1) is 16.4 Å². The van der Waals surface area contributed by atoms with Crippen LogP contribution in [0.3, 0.4) is 0 Å². The van der Waals surface area contributed by atoms with Crippen molar-refractivity contribution < 1.29 is 23.9 Å². The molecular formula is C39H35IN2O5. The van der Waals surface area contributed by atoms with Crippen molar-refractivity contribution in [3.63, 3.8) is 0 Å². The largest absolute Gasteiger partial charge is 0.493 e. The van der Waals surface area contributed by atoms with Gasteiger partial charge in [-0.05, 0) is 142 Å². The molecular weight excluding hydrogens is 703 g/mol. The zero-order valence-corrected chi connectivity index (χ0v) is 28.3. The monoisotopic (exact) mass is 738 g/mol. The van der Waals surface area contributed by atoms with E-state index in [-0.39, 0.29) is 11.0 Å². The normalized spacial score (nSPS) is 25.8. The highest BCUT2D eigenvalue weighted by Crippen LogP contribution is 2.60. The number of nitrogens with one attached hydrogen (secondary N) is 1. The van der Waals surface area contributed by atoms with Crippen molar-refractivity contribution in [3.8, 4) is 11.5 Å². The number of amides is 4. The maximum absolute atomic E-state index is 13.7. The van der Waals surface area contributed by atoms with Gasteiger partial charge in [-0.1, -0.05) is 54.6 Å². The highest BCUT2D eigenvalue weighted by atomic mass is 127. The number of methoxy groups -OCH3 is 1. The second kappa shape index (κ2) is 11.8. The van der Waals surface area contributed by atoms with Crippen LogP contribution in [0.25, 0.3) is 16.8 Å². The van der Waals surface area contributed by atoms with Crippen LogP contribution < -0.4 is 19.7 Å². The number of hydrogen-bond acceptors (Lipinski definition) is 5. The molecule has 4 bridgehead atoms. The number of benzene rings is 4. The van der Waals surface area contributed by atoms with E-state index in [1.807, 2.05) is 42.5 Å². The molecule has 0 unspecified atom stereocenters. The fourth-order valence-corrected chi connectivity index (χ4v) is 9.80. The number of carbonyl (C=O) groups excluding carboxylic acids is 3. The van der Waals surface area contributed by atoms with Gasteiger partial charge in [0.1, 0.15) is 12.2 Å². The van der Waals surface area contributed by atoms with E-state index in [1.165, 1.54) is 50.2 Å². The van der Waals surface area contributed by atoms with Crippen LogP contribution >= 0.6 is 22.6 Å². The molecule has 4 saturated carbocycles. The fourth-order valence-electron chi connectivity index (χ4n) is 9.02. The Kier molecular flexibility index (Phi) is 7.58. The standard InChI is InChI=1S/C39H35IN2O5/c1-46-34-18-23(17-33(40)35(34)47-22-28-7-4-6-27-5-2-3-8-31(27)28)16-32-36(43)41-38(45)42(37(32)44)30-11-9-29(10-12-30)39-19-24-13-25(20-39)15-26(14-24)21-39/h2-12,16-18,24-26H,13-15,19-22H2,1H3,(H,41,43,45)/b32-16+. The van der Waals surface area contributed by atoms with Crippen LogP contribution in [0, 0.1) is 21.3 Å². The Hall–Kier alpha value is -4.18. The molecule has 238 valence electrons. The third-order valence-corrected chi connectivity index (χ3v) is 11.5. The molecule has 0 radical (unpaired) electrons. The van der Waals surface area contributed by atoms with Crippen LogP contribution in [0.15, 0.2) is 84.4 Å². The lowest BCUT2D eigenvalue weighted by Crippen LogP contribution is -2.54. The molecule has 4 amide bonds. The minimum atomic E-state index is -0.746. The molecule has 1 saturated heterocycles. The minimum Gasteiger partial charge on any atom is -0.493 e. The van der Waals surface area contributed by atoms with Gasteiger partial charge in [0.25, 0.3) is 11.8 Å². The Morgan fingerprint density at radius 3 is 2.28 bits per heavy atom. The van der Waals surface area contributed by atoms with Crippen molar-refractivity contribution in [3.05, 3.63) is 105 Å². The Labute approximate surface area is 287 Å². The quantitative estimate of drug-likeness (QED) is 0.118. The zero-order chi connectivity index (χ0) is 32.3. The molecule has 4 aliphatic carbocycles. The summed E-state index contributed by atoms with van der Waals surface area (Å²) < 4.78 is 12.7. The fraction of sp³-hybridized carbons (Fsp3) is 0.308. The minimum absolute atomic E-state index is 0.128. The number of anilines is 1. The van der Waals surface area contributed by atoms with Gasteiger partial charge in [-0.2, -0.15) is 0 Å². The van der Waals surface area contributed by atoms with Gasteiger partial charge in [-0.15, -0.1) is 0 Å². The molecule has 0 atom stereocenters. The lowest BCUT2D eigenvalue weighted by molar-refractivity contribution is -0.122. The molecule has 0 aromatic heterocycles. The van der Waals surface area contributed by atoms with Gasteiger partial charge in [0, 0.05) is 0 Å². The Bertz CT molecular complexity index is 1930. The molecule has 4 aromatic carbocycles. The van der Waals surface area contributed by atoms with E-state index in [9.17, 15) is 14.4 Å². The predicted molar refractivity (Wildman–Crippen MR) is 189 cm³/mol. The van der Waals surface area contributed by atoms with Crippen LogP contribution in [0.2, 0.25) is 0 Å². The Balaban J connectivity index is 1.04. The number of urea groups is 1. The van der Waals surface area contributed by atoms with Gasteiger partial charge >= 0.3 is 6.03 Å². The summed E-state index contributed by atoms with van der Waals surface area (Å²) in [4.78, 5) is 40.8. The van der Waals surface area contributed by atoms with E-state index in [0.717, 1.165) is 42.6 Å². The highest BCUT2D eigenvalue weighted by molar-refractivity contribution is 14.1. The summed E-state index contributed by atoms with van der Waals surface area (Å²) in [7, 11) is 1.55. The first kappa shape index (κ1) is 30.2. The first-order chi connectivity index (χ1) is 22.8. The topological polar surface area (TPSA) is 84.9 Å². The lowest BCUT2D eigenvalue weighted by atomic mass is 9.48. The van der Waals surface area contributed by atoms with Crippen LogP contribution in [0.5, 0.6) is 11.5 Å². The van der Waals surface area contributed by atoms with Crippen molar-refractivity contribution in [2.45, 2.75) is 50.5 Å². The number of nitrogens with zero attached hydrogens (tertiary/aromatic N) is 1. The molecule has 4 aromatic rings. The summed E-state index contributed by atoms with van der Waals surface area (Å²) in [6, 6.07) is 25.0. The molecule has 1 N–H and O–H groups in total. The molecule has 0 spiro atoms. The van der Waals surface area contributed by atoms with Gasteiger partial charge in [0.2, 0.25) is 0 Å². The van der Waals surface area contributed by atoms with E-state index >= 15 is 0 Å². The average Bonchev–Trinajstić information content (AvgIpc) is 3.05. The number of hydrogen-bond donors (Lipinski definition) is 1. The van der Waals surface area contributed by atoms with Crippen LogP contribution in [0.4, 0.5) is 10.5 Å². The molecule has 1 aliphatic heterocycles. The number of carbonyl (C=O) groups is 3. The van der Waals surface area contributed by atoms with E-state index in [1.54, 1.807) is 13.2 Å². The number of ether oxygens (including phenoxy) is 2. The molecule has 5 fully saturated rings. The lowest BCUT2D eigenvalue weighted by Gasteiger charge is -2.57. The van der Waals surface area contributed by atoms with E-state index in [4.69, 9.17) is 9.47 Å². The third-order valence-electron chi connectivity index (χ3n) is 10.7. The van der Waals surface area contributed by atoms with Crippen molar-refractivity contribution in [2.75, 3.05) is 12.0 Å². The molecule has 9 rings (SSSR count). The Morgan fingerprint density at radius 2 is 1.57 bits per heavy atom. The van der Waals surface area contributed by atoms with E-state index in [0.29, 0.717) is 29.4 Å². The maximum Gasteiger partial charge on any atom is 0.335 e. The van der Waals surface area contributed by atoms with Crippen molar-refractivity contribution >= 4 is 63.0 Å². The second-order valence-electron chi connectivity index (χ2n) is 13.7. The predicted octanol–water partition coefficient (Wildman–Crippen LogP) is 8.17. The van der Waals surface area contributed by atoms with Gasteiger partial charge in [0.15, 0.2) is 11.5 Å². The molecule has 1 heterocycles. The van der Waals surface area contributed by atoms with Gasteiger partial charge in [-0.25, -0.2) is 9.69 Å². The molecule has 8 heteroatoms. The Morgan fingerprint density at radius 1 is 0.894 bits per heavy atom. The third kappa shape index (κ3) is 5.40. The number of fused-ring (bicyclic) bond motifs is 1. The van der Waals surface area contributed by atoms with Crippen LogP contribution in [-0.2, 0) is 21.6 Å². The number of barbiturate groups is 1. The van der Waals surface area contributed by atoms with E-state index in [2.05, 4.69) is 58.2 Å². The zero-order valence-electron chi connectivity index (χ0n) is 26.1. The number of halogens is 1. The number of rotatable bonds is 7. The van der Waals surface area contributed by atoms with E-state index < -0.39 is 17.8 Å². The summed E-state index contributed by atoms with van der Waals surface area (Å²) in [6.45, 7) is 0.341. The first-order valence-electron chi connectivity index (χ1n) is 16.3. The molecule has 7 nitrogen and oxygen atoms in total. The van der Waals surface area contributed by atoms with Crippen LogP contribution in [-0.4, -0.2) is 25.0 Å². The molecule has 47 heavy (non-hydrogen) atoms. The summed E-state index contributed by atoms with van der Waals surface area (Å²) in [6.07, 6.45) is 9.31. The highest BCUT2D eigenvalue weighted by Gasteiger charge is 2.51. The summed E-state index contributed by atoms with van der Waals surface area (Å²) in [5.74, 6) is 2.11. The van der Waals surface area contributed by atoms with Crippen molar-refractivity contribution in [1.82, 2.24) is 5.32 Å². The second-order valence-corrected chi connectivity index (χ2v) is 14.8. The summed E-state index contributed by atoms with van der Waals surface area (Å²) >= 11 is 2.17. The average molecular weight is 739 g/mol. The summed E-state index contributed by atoms with van der Waals surface area (Å²) in [5.41, 5.74) is 3.46. The SMILES string of the molecule is COc1cc(/C=C2\C(=O)NC(=O)N(c3ccc(C45CC6CC(CC(C6)C4)C5)cc3)C2=O)cc(I)c1OCc1cccc2ccccc12. The van der Waals surface area contributed by atoms with Crippen molar-refractivity contribution in [2.24, 2.45) is 17.8 Å². The first-order valence-corrected chi connectivity index (χ1v) is 17.4. The molecule has 5 aliphatic rings. The smallest absolute Gasteiger partial charge is 0.335 e. The van der Waals surface area contributed by atoms with Crippen LogP contribution in [0.1, 0.15) is 55.2 Å².